The lowest BCUT2D eigenvalue weighted by Gasteiger charge is -2.33. The van der Waals surface area contributed by atoms with Crippen LogP contribution in [0.4, 0.5) is 0 Å². The highest BCUT2D eigenvalue weighted by Crippen LogP contribution is 2.25. The predicted molar refractivity (Wildman–Crippen MR) is 124 cm³/mol. The Kier molecular flexibility index (Phi) is 6.71. The summed E-state index contributed by atoms with van der Waals surface area (Å²) >= 11 is 1.65. The fourth-order valence-electron chi connectivity index (χ4n) is 3.59. The number of thiazole rings is 1. The maximum atomic E-state index is 13.0. The van der Waals surface area contributed by atoms with E-state index < -0.39 is 10.0 Å². The molecule has 0 radical (unpaired) electrons. The zero-order valence-electron chi connectivity index (χ0n) is 17.8. The number of hydrogen-bond acceptors (Lipinski definition) is 6. The first kappa shape index (κ1) is 22.0. The van der Waals surface area contributed by atoms with Crippen LogP contribution < -0.4 is 4.74 Å². The van der Waals surface area contributed by atoms with Gasteiger partial charge in [0.25, 0.3) is 0 Å². The van der Waals surface area contributed by atoms with Gasteiger partial charge < -0.3 is 4.74 Å². The van der Waals surface area contributed by atoms with Crippen LogP contribution in [0.1, 0.15) is 18.2 Å². The first-order chi connectivity index (χ1) is 15.0. The first-order valence-corrected chi connectivity index (χ1v) is 12.7. The van der Waals surface area contributed by atoms with E-state index in [1.54, 1.807) is 39.9 Å². The monoisotopic (exact) mass is 457 g/mol. The van der Waals surface area contributed by atoms with Crippen molar-refractivity contribution in [2.24, 2.45) is 0 Å². The quantitative estimate of drug-likeness (QED) is 0.536. The van der Waals surface area contributed by atoms with Crippen molar-refractivity contribution in [1.82, 2.24) is 14.2 Å². The Balaban J connectivity index is 1.35. The smallest absolute Gasteiger partial charge is 0.243 e. The second-order valence-corrected chi connectivity index (χ2v) is 10.4. The highest BCUT2D eigenvalue weighted by Gasteiger charge is 2.28. The van der Waals surface area contributed by atoms with Crippen LogP contribution in [0, 0.1) is 6.92 Å². The van der Waals surface area contributed by atoms with Crippen LogP contribution in [0.3, 0.4) is 0 Å². The van der Waals surface area contributed by atoms with Crippen molar-refractivity contribution in [1.29, 1.82) is 0 Å². The third-order valence-corrected chi connectivity index (χ3v) is 8.19. The molecule has 31 heavy (non-hydrogen) atoms. The van der Waals surface area contributed by atoms with Gasteiger partial charge in [0.05, 0.1) is 17.2 Å². The molecule has 0 amide bonds. The Hall–Kier alpha value is -2.26. The lowest BCUT2D eigenvalue weighted by Crippen LogP contribution is -2.48. The molecule has 1 aliphatic rings. The summed E-state index contributed by atoms with van der Waals surface area (Å²) in [7, 11) is -3.49. The summed E-state index contributed by atoms with van der Waals surface area (Å²) in [6.45, 7) is 7.60. The number of aromatic nitrogens is 1. The molecule has 0 unspecified atom stereocenters. The minimum absolute atomic E-state index is 0.312. The van der Waals surface area contributed by atoms with Crippen molar-refractivity contribution in [2.45, 2.75) is 25.3 Å². The summed E-state index contributed by atoms with van der Waals surface area (Å²) < 4.78 is 32.9. The molecule has 2 aromatic carbocycles. The van der Waals surface area contributed by atoms with E-state index >= 15 is 0 Å². The normalized spacial score (nSPS) is 15.8. The highest BCUT2D eigenvalue weighted by molar-refractivity contribution is 7.89. The molecule has 164 valence electrons. The maximum Gasteiger partial charge on any atom is 0.243 e. The summed E-state index contributed by atoms with van der Waals surface area (Å²) in [5.41, 5.74) is 3.40. The summed E-state index contributed by atoms with van der Waals surface area (Å²) in [6, 6.07) is 15.1. The highest BCUT2D eigenvalue weighted by atomic mass is 32.2. The molecule has 4 rings (SSSR count). The summed E-state index contributed by atoms with van der Waals surface area (Å²) in [6.07, 6.45) is 0. The van der Waals surface area contributed by atoms with E-state index in [0.29, 0.717) is 43.4 Å². The summed E-state index contributed by atoms with van der Waals surface area (Å²) in [5.74, 6) is 0.680. The Morgan fingerprint density at radius 2 is 1.68 bits per heavy atom. The third kappa shape index (κ3) is 5.15. The largest absolute Gasteiger partial charge is 0.494 e. The molecular formula is C23H27N3O3S2. The number of rotatable bonds is 7. The summed E-state index contributed by atoms with van der Waals surface area (Å²) in [4.78, 5) is 7.35. The molecule has 1 saturated heterocycles. The van der Waals surface area contributed by atoms with Crippen LogP contribution in [0.2, 0.25) is 0 Å². The molecule has 0 spiro atoms. The Morgan fingerprint density at radius 1 is 1.00 bits per heavy atom. The van der Waals surface area contributed by atoms with Gasteiger partial charge in [0.15, 0.2) is 0 Å². The molecule has 1 fully saturated rings. The molecule has 1 aliphatic heterocycles. The Labute approximate surface area is 188 Å². The van der Waals surface area contributed by atoms with Gasteiger partial charge in [0, 0.05) is 43.7 Å². The second-order valence-electron chi connectivity index (χ2n) is 7.59. The van der Waals surface area contributed by atoms with Gasteiger partial charge >= 0.3 is 0 Å². The van der Waals surface area contributed by atoms with Crippen molar-refractivity contribution in [3.8, 4) is 16.3 Å². The average molecular weight is 458 g/mol. The van der Waals surface area contributed by atoms with Crippen molar-refractivity contribution in [3.63, 3.8) is 0 Å². The van der Waals surface area contributed by atoms with Crippen LogP contribution in [-0.4, -0.2) is 55.4 Å². The molecule has 0 saturated carbocycles. The standard InChI is InChI=1S/C23H27N3O3S2/c1-3-29-21-8-10-22(11-9-21)31(27,28)26-14-12-25(13-15-26)16-20-17-30-23(24-20)19-6-4-18(2)5-7-19/h4-11,17H,3,12-16H2,1-2H3. The SMILES string of the molecule is CCOc1ccc(S(=O)(=O)N2CCN(Cc3csc(-c4ccc(C)cc4)n3)CC2)cc1. The zero-order valence-corrected chi connectivity index (χ0v) is 19.5. The minimum atomic E-state index is -3.49. The van der Waals surface area contributed by atoms with Gasteiger partial charge in [-0.2, -0.15) is 4.31 Å². The number of ether oxygens (including phenoxy) is 1. The Bertz CT molecular complexity index is 1100. The van der Waals surface area contributed by atoms with Crippen molar-refractivity contribution in [2.75, 3.05) is 32.8 Å². The number of piperazine rings is 1. The van der Waals surface area contributed by atoms with Gasteiger partial charge in [-0.15, -0.1) is 11.3 Å². The molecule has 0 aliphatic carbocycles. The van der Waals surface area contributed by atoms with E-state index in [-0.39, 0.29) is 0 Å². The van der Waals surface area contributed by atoms with Crippen LogP contribution in [0.15, 0.2) is 58.8 Å². The lowest BCUT2D eigenvalue weighted by atomic mass is 10.2. The second kappa shape index (κ2) is 9.48. The molecule has 0 N–H and O–H groups in total. The molecule has 0 atom stereocenters. The number of sulfonamides is 1. The topological polar surface area (TPSA) is 62.7 Å². The van der Waals surface area contributed by atoms with Gasteiger partial charge in [-0.05, 0) is 38.1 Å². The number of hydrogen-bond donors (Lipinski definition) is 0. The number of benzene rings is 2. The summed E-state index contributed by atoms with van der Waals surface area (Å²) in [5, 5.41) is 3.12. The van der Waals surface area contributed by atoms with Crippen LogP contribution in [-0.2, 0) is 16.6 Å². The van der Waals surface area contributed by atoms with E-state index in [2.05, 4.69) is 41.5 Å². The third-order valence-electron chi connectivity index (χ3n) is 5.34. The van der Waals surface area contributed by atoms with Crippen molar-refractivity contribution in [3.05, 3.63) is 65.2 Å². The van der Waals surface area contributed by atoms with E-state index in [4.69, 9.17) is 9.72 Å². The van der Waals surface area contributed by atoms with Crippen LogP contribution >= 0.6 is 11.3 Å². The van der Waals surface area contributed by atoms with E-state index in [9.17, 15) is 8.42 Å². The fraction of sp³-hybridized carbons (Fsp3) is 0.348. The molecule has 8 heteroatoms. The fourth-order valence-corrected chi connectivity index (χ4v) is 5.83. The van der Waals surface area contributed by atoms with Gasteiger partial charge in [-0.25, -0.2) is 13.4 Å². The van der Waals surface area contributed by atoms with Gasteiger partial charge in [0.1, 0.15) is 10.8 Å². The van der Waals surface area contributed by atoms with Crippen molar-refractivity contribution >= 4 is 21.4 Å². The molecule has 3 aromatic rings. The number of aryl methyl sites for hydroxylation is 1. The van der Waals surface area contributed by atoms with Crippen LogP contribution in [0.25, 0.3) is 10.6 Å². The lowest BCUT2D eigenvalue weighted by molar-refractivity contribution is 0.180. The molecule has 6 nitrogen and oxygen atoms in total. The molecule has 1 aromatic heterocycles. The molecule has 2 heterocycles. The van der Waals surface area contributed by atoms with Gasteiger partial charge in [-0.3, -0.25) is 4.90 Å². The zero-order chi connectivity index (χ0) is 21.8. The maximum absolute atomic E-state index is 13.0. The molecule has 0 bridgehead atoms. The van der Waals surface area contributed by atoms with E-state index in [0.717, 1.165) is 22.8 Å². The van der Waals surface area contributed by atoms with Crippen LogP contribution in [0.5, 0.6) is 5.75 Å². The Morgan fingerprint density at radius 3 is 2.32 bits per heavy atom. The van der Waals surface area contributed by atoms with E-state index in [1.807, 2.05) is 6.92 Å². The van der Waals surface area contributed by atoms with Gasteiger partial charge in [-0.1, -0.05) is 29.8 Å². The average Bonchev–Trinajstić information content (AvgIpc) is 3.24. The predicted octanol–water partition coefficient (Wildman–Crippen LogP) is 4.02. The first-order valence-electron chi connectivity index (χ1n) is 10.4. The number of nitrogens with zero attached hydrogens (tertiary/aromatic N) is 3. The molecular weight excluding hydrogens is 430 g/mol. The van der Waals surface area contributed by atoms with Gasteiger partial charge in [0.2, 0.25) is 10.0 Å². The van der Waals surface area contributed by atoms with E-state index in [1.165, 1.54) is 5.56 Å². The van der Waals surface area contributed by atoms with Crippen molar-refractivity contribution < 1.29 is 13.2 Å². The minimum Gasteiger partial charge on any atom is -0.494 e.